The topological polar surface area (TPSA) is 82.2 Å². The van der Waals surface area contributed by atoms with Crippen LogP contribution in [0, 0.1) is 6.92 Å². The summed E-state index contributed by atoms with van der Waals surface area (Å²) in [6, 6.07) is 21.3. The van der Waals surface area contributed by atoms with E-state index in [4.69, 9.17) is 9.15 Å². The average Bonchev–Trinajstić information content (AvgIpc) is 3.47. The number of thioether (sulfide) groups is 1. The van der Waals surface area contributed by atoms with Crippen LogP contribution in [0.3, 0.4) is 0 Å². The maximum absolute atomic E-state index is 12.6. The fourth-order valence-corrected chi connectivity index (χ4v) is 4.02. The zero-order valence-corrected chi connectivity index (χ0v) is 18.7. The van der Waals surface area contributed by atoms with Gasteiger partial charge < -0.3 is 14.5 Å². The molecule has 2 heterocycles. The molecule has 0 spiro atoms. The number of para-hydroxylation sites is 2. The van der Waals surface area contributed by atoms with Gasteiger partial charge in [-0.15, -0.1) is 10.2 Å². The summed E-state index contributed by atoms with van der Waals surface area (Å²) in [7, 11) is 0. The second-order valence-corrected chi connectivity index (χ2v) is 8.49. The maximum Gasteiger partial charge on any atom is 0.233 e. The van der Waals surface area contributed by atoms with E-state index in [0.29, 0.717) is 23.3 Å². The zero-order chi connectivity index (χ0) is 22.3. The number of aryl methyl sites for hydroxylation is 1. The molecule has 32 heavy (non-hydrogen) atoms. The number of hydrogen-bond acceptors (Lipinski definition) is 6. The van der Waals surface area contributed by atoms with Crippen molar-refractivity contribution in [2.45, 2.75) is 37.4 Å². The molecular weight excluding hydrogens is 424 g/mol. The number of ether oxygens (including phenoxy) is 1. The molecule has 0 aliphatic rings. The van der Waals surface area contributed by atoms with Crippen LogP contribution < -0.4 is 10.1 Å². The lowest BCUT2D eigenvalue weighted by Gasteiger charge is -2.14. The minimum Gasteiger partial charge on any atom is -0.485 e. The lowest BCUT2D eigenvalue weighted by atomic mass is 10.2. The first kappa shape index (κ1) is 21.7. The van der Waals surface area contributed by atoms with E-state index < -0.39 is 0 Å². The molecule has 2 aromatic heterocycles. The Morgan fingerprint density at radius 3 is 2.62 bits per heavy atom. The van der Waals surface area contributed by atoms with Gasteiger partial charge in [-0.3, -0.25) is 9.36 Å². The van der Waals surface area contributed by atoms with Crippen LogP contribution >= 0.6 is 11.8 Å². The predicted molar refractivity (Wildman–Crippen MR) is 123 cm³/mol. The van der Waals surface area contributed by atoms with Gasteiger partial charge in [-0.05, 0) is 49.7 Å². The number of furan rings is 1. The third-order valence-electron chi connectivity index (χ3n) is 4.83. The molecule has 1 atom stereocenters. The molecule has 1 amide bonds. The van der Waals surface area contributed by atoms with Crippen LogP contribution in [0.2, 0.25) is 0 Å². The van der Waals surface area contributed by atoms with E-state index in [9.17, 15) is 4.79 Å². The molecule has 0 saturated heterocycles. The number of carbonyl (C=O) groups excluding carboxylic acids is 1. The highest BCUT2D eigenvalue weighted by molar-refractivity contribution is 8.00. The molecular formula is C24H24N4O3S. The Labute approximate surface area is 190 Å². The summed E-state index contributed by atoms with van der Waals surface area (Å²) in [6.45, 7) is 4.45. The molecule has 7 nitrogen and oxygen atoms in total. The van der Waals surface area contributed by atoms with Gasteiger partial charge in [0.2, 0.25) is 5.91 Å². The van der Waals surface area contributed by atoms with Crippen LogP contribution in [0.15, 0.2) is 82.6 Å². The van der Waals surface area contributed by atoms with Gasteiger partial charge in [-0.25, -0.2) is 0 Å². The summed E-state index contributed by atoms with van der Waals surface area (Å²) in [6.07, 6.45) is 1.59. The SMILES string of the molecule is Cc1ccccc1OCc1nnc(SC(C)C(=O)NCc2ccco2)n1-c1ccccc1. The molecule has 4 aromatic rings. The summed E-state index contributed by atoms with van der Waals surface area (Å²) < 4.78 is 13.2. The Hall–Kier alpha value is -3.52. The number of nitrogens with zero attached hydrogens (tertiary/aromatic N) is 3. The summed E-state index contributed by atoms with van der Waals surface area (Å²) in [5, 5.41) is 11.9. The van der Waals surface area contributed by atoms with Gasteiger partial charge in [-0.2, -0.15) is 0 Å². The maximum atomic E-state index is 12.6. The molecule has 1 N–H and O–H groups in total. The van der Waals surface area contributed by atoms with Gasteiger partial charge in [-0.1, -0.05) is 48.2 Å². The number of rotatable bonds is 9. The Balaban J connectivity index is 1.51. The van der Waals surface area contributed by atoms with Crippen LogP contribution in [-0.2, 0) is 17.9 Å². The molecule has 0 saturated carbocycles. The highest BCUT2D eigenvalue weighted by Gasteiger charge is 2.21. The quantitative estimate of drug-likeness (QED) is 0.379. The molecule has 2 aromatic carbocycles. The Morgan fingerprint density at radius 2 is 1.88 bits per heavy atom. The van der Waals surface area contributed by atoms with Crippen LogP contribution in [-0.4, -0.2) is 25.9 Å². The summed E-state index contributed by atoms with van der Waals surface area (Å²) in [5.41, 5.74) is 1.96. The van der Waals surface area contributed by atoms with Crippen molar-refractivity contribution in [3.05, 3.63) is 90.1 Å². The van der Waals surface area contributed by atoms with Gasteiger partial charge in [0.15, 0.2) is 11.0 Å². The molecule has 0 fully saturated rings. The first-order valence-electron chi connectivity index (χ1n) is 10.3. The number of benzene rings is 2. The Morgan fingerprint density at radius 1 is 1.09 bits per heavy atom. The van der Waals surface area contributed by atoms with Gasteiger partial charge in [0.25, 0.3) is 0 Å². The van der Waals surface area contributed by atoms with E-state index >= 15 is 0 Å². The van der Waals surface area contributed by atoms with Gasteiger partial charge in [0, 0.05) is 5.69 Å². The van der Waals surface area contributed by atoms with E-state index in [1.54, 1.807) is 12.3 Å². The summed E-state index contributed by atoms with van der Waals surface area (Å²) >= 11 is 1.35. The zero-order valence-electron chi connectivity index (χ0n) is 17.9. The highest BCUT2D eigenvalue weighted by Crippen LogP contribution is 2.27. The second kappa shape index (κ2) is 10.2. The molecule has 4 rings (SSSR count). The fourth-order valence-electron chi connectivity index (χ4n) is 3.11. The van der Waals surface area contributed by atoms with E-state index in [0.717, 1.165) is 17.0 Å². The average molecular weight is 449 g/mol. The van der Waals surface area contributed by atoms with Crippen molar-refractivity contribution in [3.63, 3.8) is 0 Å². The number of amides is 1. The molecule has 0 bridgehead atoms. The normalized spacial score (nSPS) is 11.8. The molecule has 1 unspecified atom stereocenters. The number of carbonyl (C=O) groups is 1. The summed E-state index contributed by atoms with van der Waals surface area (Å²) in [5.74, 6) is 2.06. The first-order valence-corrected chi connectivity index (χ1v) is 11.1. The third-order valence-corrected chi connectivity index (χ3v) is 5.88. The Kier molecular flexibility index (Phi) is 6.91. The molecule has 0 aliphatic heterocycles. The van der Waals surface area contributed by atoms with Gasteiger partial charge >= 0.3 is 0 Å². The number of aromatic nitrogens is 3. The highest BCUT2D eigenvalue weighted by atomic mass is 32.2. The first-order chi connectivity index (χ1) is 15.6. The molecule has 164 valence electrons. The lowest BCUT2D eigenvalue weighted by molar-refractivity contribution is -0.120. The van der Waals surface area contributed by atoms with Crippen molar-refractivity contribution in [3.8, 4) is 11.4 Å². The van der Waals surface area contributed by atoms with Crippen LogP contribution in [0.25, 0.3) is 5.69 Å². The number of nitrogens with one attached hydrogen (secondary N) is 1. The van der Waals surface area contributed by atoms with E-state index in [1.165, 1.54) is 11.8 Å². The largest absolute Gasteiger partial charge is 0.485 e. The predicted octanol–water partition coefficient (Wildman–Crippen LogP) is 4.54. The van der Waals surface area contributed by atoms with Crippen LogP contribution in [0.5, 0.6) is 5.75 Å². The second-order valence-electron chi connectivity index (χ2n) is 7.18. The lowest BCUT2D eigenvalue weighted by Crippen LogP contribution is -2.30. The molecule has 0 radical (unpaired) electrons. The van der Waals surface area contributed by atoms with Crippen LogP contribution in [0.1, 0.15) is 24.1 Å². The van der Waals surface area contributed by atoms with Crippen molar-refractivity contribution >= 4 is 17.7 Å². The Bertz CT molecular complexity index is 1160. The monoisotopic (exact) mass is 448 g/mol. The summed E-state index contributed by atoms with van der Waals surface area (Å²) in [4.78, 5) is 12.6. The molecule has 8 heteroatoms. The van der Waals surface area contributed by atoms with Crippen molar-refractivity contribution in [2.24, 2.45) is 0 Å². The third kappa shape index (κ3) is 5.20. The van der Waals surface area contributed by atoms with Crippen molar-refractivity contribution in [1.82, 2.24) is 20.1 Å². The minimum atomic E-state index is -0.373. The van der Waals surface area contributed by atoms with E-state index in [1.807, 2.05) is 79.1 Å². The van der Waals surface area contributed by atoms with E-state index in [2.05, 4.69) is 15.5 Å². The van der Waals surface area contributed by atoms with Crippen molar-refractivity contribution in [2.75, 3.05) is 0 Å². The smallest absolute Gasteiger partial charge is 0.233 e. The minimum absolute atomic E-state index is 0.105. The van der Waals surface area contributed by atoms with E-state index in [-0.39, 0.29) is 17.8 Å². The van der Waals surface area contributed by atoms with Gasteiger partial charge in [0.05, 0.1) is 18.1 Å². The fraction of sp³-hybridized carbons (Fsp3) is 0.208. The van der Waals surface area contributed by atoms with Crippen molar-refractivity contribution in [1.29, 1.82) is 0 Å². The van der Waals surface area contributed by atoms with Gasteiger partial charge in [0.1, 0.15) is 18.1 Å². The standard InChI is InChI=1S/C24H24N4O3S/c1-17-9-6-7-13-21(17)31-16-22-26-27-24(28(22)19-10-4-3-5-11-19)32-18(2)23(29)25-15-20-12-8-14-30-20/h3-14,18H,15-16H2,1-2H3,(H,25,29). The number of hydrogen-bond donors (Lipinski definition) is 1. The van der Waals surface area contributed by atoms with Crippen LogP contribution in [0.4, 0.5) is 0 Å². The van der Waals surface area contributed by atoms with Crippen molar-refractivity contribution < 1.29 is 13.9 Å². The molecule has 0 aliphatic carbocycles.